The largest absolute Gasteiger partial charge is 0.391 e. The molecular formula is C12H22N2O3. The Kier molecular flexibility index (Phi) is 4.23. The molecule has 0 aliphatic heterocycles. The van der Waals surface area contributed by atoms with Gasteiger partial charge in [0.15, 0.2) is 0 Å². The van der Waals surface area contributed by atoms with E-state index in [1.165, 1.54) is 17.7 Å². The Bertz CT molecular complexity index is 262. The number of aliphatic hydroxyl groups excluding tert-OH is 1. The summed E-state index contributed by atoms with van der Waals surface area (Å²) in [7, 11) is 1.68. The van der Waals surface area contributed by atoms with Crippen LogP contribution in [0.4, 0.5) is 4.79 Å². The lowest BCUT2D eigenvalue weighted by Crippen LogP contribution is -2.42. The van der Waals surface area contributed by atoms with E-state index in [0.717, 1.165) is 25.7 Å². The van der Waals surface area contributed by atoms with E-state index < -0.39 is 6.10 Å². The summed E-state index contributed by atoms with van der Waals surface area (Å²) in [5.74, 6) is 0.390. The number of nitrogens with zero attached hydrogens (tertiary/aromatic N) is 1. The third kappa shape index (κ3) is 3.85. The van der Waals surface area contributed by atoms with Crippen LogP contribution in [0, 0.1) is 5.92 Å². The monoisotopic (exact) mass is 242 g/mol. The van der Waals surface area contributed by atoms with Crippen LogP contribution in [0.3, 0.4) is 0 Å². The van der Waals surface area contributed by atoms with Crippen molar-refractivity contribution in [1.82, 2.24) is 10.4 Å². The molecule has 0 aromatic heterocycles. The third-order valence-electron chi connectivity index (χ3n) is 3.59. The van der Waals surface area contributed by atoms with E-state index in [-0.39, 0.29) is 12.1 Å². The average molecular weight is 242 g/mol. The molecule has 17 heavy (non-hydrogen) atoms. The van der Waals surface area contributed by atoms with Crippen LogP contribution in [-0.4, -0.2) is 41.8 Å². The minimum Gasteiger partial charge on any atom is -0.391 e. The first kappa shape index (κ1) is 12.6. The molecule has 0 bridgehead atoms. The fraction of sp³-hybridized carbons (Fsp3) is 0.917. The van der Waals surface area contributed by atoms with Crippen LogP contribution >= 0.6 is 0 Å². The van der Waals surface area contributed by atoms with Gasteiger partial charge in [0.1, 0.15) is 0 Å². The molecule has 5 heteroatoms. The molecule has 0 aromatic carbocycles. The number of carbonyl (C=O) groups excluding carboxylic acids is 1. The van der Waals surface area contributed by atoms with E-state index in [0.29, 0.717) is 12.5 Å². The molecular weight excluding hydrogens is 220 g/mol. The Labute approximate surface area is 102 Å². The summed E-state index contributed by atoms with van der Waals surface area (Å²) in [5.41, 5.74) is 2.46. The minimum atomic E-state index is -0.391. The predicted molar refractivity (Wildman–Crippen MR) is 63.2 cm³/mol. The molecule has 5 nitrogen and oxygen atoms in total. The van der Waals surface area contributed by atoms with Crippen molar-refractivity contribution >= 4 is 6.03 Å². The van der Waals surface area contributed by atoms with Crippen molar-refractivity contribution in [2.45, 2.75) is 50.7 Å². The van der Waals surface area contributed by atoms with E-state index in [4.69, 9.17) is 4.84 Å². The maximum atomic E-state index is 11.7. The molecule has 1 atom stereocenters. The molecule has 2 aliphatic rings. The van der Waals surface area contributed by atoms with Gasteiger partial charge in [0.25, 0.3) is 0 Å². The lowest BCUT2D eigenvalue weighted by atomic mass is 10.2. The molecule has 2 fully saturated rings. The highest BCUT2D eigenvalue weighted by atomic mass is 16.7. The van der Waals surface area contributed by atoms with Gasteiger partial charge >= 0.3 is 6.03 Å². The Balaban J connectivity index is 1.63. The number of hydrogen-bond donors (Lipinski definition) is 2. The number of carbonyl (C=O) groups is 1. The van der Waals surface area contributed by atoms with Crippen LogP contribution in [-0.2, 0) is 4.84 Å². The van der Waals surface area contributed by atoms with Crippen LogP contribution in [0.1, 0.15) is 38.5 Å². The highest BCUT2D eigenvalue weighted by molar-refractivity contribution is 5.72. The molecule has 0 saturated heterocycles. The van der Waals surface area contributed by atoms with Crippen molar-refractivity contribution in [2.24, 2.45) is 5.92 Å². The molecule has 2 amide bonds. The second-order valence-electron chi connectivity index (χ2n) is 5.22. The second-order valence-corrected chi connectivity index (χ2v) is 5.22. The van der Waals surface area contributed by atoms with Gasteiger partial charge in [-0.3, -0.25) is 4.84 Å². The average Bonchev–Trinajstić information content (AvgIpc) is 3.04. The lowest BCUT2D eigenvalue weighted by Gasteiger charge is -2.21. The van der Waals surface area contributed by atoms with Crippen molar-refractivity contribution < 1.29 is 14.7 Å². The minimum absolute atomic E-state index is 0.167. The summed E-state index contributed by atoms with van der Waals surface area (Å²) in [6.45, 7) is 0.379. The summed E-state index contributed by atoms with van der Waals surface area (Å²) in [6.07, 6.45) is 6.33. The third-order valence-corrected chi connectivity index (χ3v) is 3.59. The van der Waals surface area contributed by atoms with E-state index in [2.05, 4.69) is 5.48 Å². The fourth-order valence-corrected chi connectivity index (χ4v) is 2.21. The molecule has 0 aromatic rings. The SMILES string of the molecule is CN(CC(O)C1CC1)C(=O)NOC1CCCC1. The maximum Gasteiger partial charge on any atom is 0.341 e. The van der Waals surface area contributed by atoms with Gasteiger partial charge in [0.2, 0.25) is 0 Å². The molecule has 2 N–H and O–H groups in total. The smallest absolute Gasteiger partial charge is 0.341 e. The molecule has 2 rings (SSSR count). The van der Waals surface area contributed by atoms with Crippen LogP contribution in [0.2, 0.25) is 0 Å². The normalized spacial score (nSPS) is 22.5. The number of aliphatic hydroxyl groups is 1. The number of nitrogens with one attached hydrogen (secondary N) is 1. The van der Waals surface area contributed by atoms with Gasteiger partial charge < -0.3 is 10.0 Å². The first-order valence-electron chi connectivity index (χ1n) is 6.51. The van der Waals surface area contributed by atoms with Crippen molar-refractivity contribution in [3.63, 3.8) is 0 Å². The van der Waals surface area contributed by atoms with Gasteiger partial charge in [-0.05, 0) is 31.6 Å². The number of hydrogen-bond acceptors (Lipinski definition) is 3. The maximum absolute atomic E-state index is 11.7. The van der Waals surface area contributed by atoms with Crippen molar-refractivity contribution in [3.8, 4) is 0 Å². The lowest BCUT2D eigenvalue weighted by molar-refractivity contribution is -0.00929. The van der Waals surface area contributed by atoms with Gasteiger partial charge in [-0.2, -0.15) is 0 Å². The second kappa shape index (κ2) is 5.69. The number of urea groups is 1. The molecule has 98 valence electrons. The molecule has 0 spiro atoms. The van der Waals surface area contributed by atoms with E-state index in [1.807, 2.05) is 0 Å². The van der Waals surface area contributed by atoms with Gasteiger partial charge in [-0.25, -0.2) is 10.3 Å². The van der Waals surface area contributed by atoms with Crippen molar-refractivity contribution in [2.75, 3.05) is 13.6 Å². The molecule has 1 unspecified atom stereocenters. The van der Waals surface area contributed by atoms with E-state index in [1.54, 1.807) is 7.05 Å². The zero-order valence-corrected chi connectivity index (χ0v) is 10.4. The first-order chi connectivity index (χ1) is 8.16. The van der Waals surface area contributed by atoms with Gasteiger partial charge in [0.05, 0.1) is 12.2 Å². The summed E-state index contributed by atoms with van der Waals surface area (Å²) in [6, 6.07) is -0.267. The number of amides is 2. The van der Waals surface area contributed by atoms with Gasteiger partial charge in [0, 0.05) is 13.6 Å². The molecule has 2 aliphatic carbocycles. The number of hydroxylamine groups is 1. The predicted octanol–water partition coefficient (Wildman–Crippen LogP) is 1.27. The van der Waals surface area contributed by atoms with Crippen molar-refractivity contribution in [3.05, 3.63) is 0 Å². The van der Waals surface area contributed by atoms with E-state index >= 15 is 0 Å². The number of rotatable bonds is 5. The van der Waals surface area contributed by atoms with Gasteiger partial charge in [-0.15, -0.1) is 0 Å². The zero-order chi connectivity index (χ0) is 12.3. The summed E-state index contributed by atoms with van der Waals surface area (Å²) in [5, 5.41) is 9.73. The Morgan fingerprint density at radius 2 is 2.06 bits per heavy atom. The summed E-state index contributed by atoms with van der Waals surface area (Å²) < 4.78 is 0. The molecule has 0 heterocycles. The van der Waals surface area contributed by atoms with Gasteiger partial charge in [-0.1, -0.05) is 12.8 Å². The van der Waals surface area contributed by atoms with Crippen LogP contribution in [0.25, 0.3) is 0 Å². The topological polar surface area (TPSA) is 61.8 Å². The highest BCUT2D eigenvalue weighted by Gasteiger charge is 2.31. The molecule has 2 saturated carbocycles. The number of likely N-dealkylation sites (N-methyl/N-ethyl adjacent to an activating group) is 1. The Morgan fingerprint density at radius 1 is 1.41 bits per heavy atom. The first-order valence-corrected chi connectivity index (χ1v) is 6.51. The molecule has 0 radical (unpaired) electrons. The highest BCUT2D eigenvalue weighted by Crippen LogP contribution is 2.32. The zero-order valence-electron chi connectivity index (χ0n) is 10.4. The van der Waals surface area contributed by atoms with Crippen LogP contribution < -0.4 is 5.48 Å². The Morgan fingerprint density at radius 3 is 2.65 bits per heavy atom. The fourth-order valence-electron chi connectivity index (χ4n) is 2.21. The summed E-state index contributed by atoms with van der Waals surface area (Å²) in [4.78, 5) is 18.5. The Hall–Kier alpha value is -0.810. The van der Waals surface area contributed by atoms with Crippen LogP contribution in [0.15, 0.2) is 0 Å². The quantitative estimate of drug-likeness (QED) is 0.714. The summed E-state index contributed by atoms with van der Waals surface area (Å²) >= 11 is 0. The standard InChI is InChI=1S/C12H22N2O3/c1-14(8-11(15)9-6-7-9)12(16)13-17-10-4-2-3-5-10/h9-11,15H,2-8H2,1H3,(H,13,16). The van der Waals surface area contributed by atoms with Crippen molar-refractivity contribution in [1.29, 1.82) is 0 Å². The van der Waals surface area contributed by atoms with E-state index in [9.17, 15) is 9.90 Å². The van der Waals surface area contributed by atoms with Crippen LogP contribution in [0.5, 0.6) is 0 Å².